The van der Waals surface area contributed by atoms with E-state index in [9.17, 15) is 13.2 Å². The molecular weight excluding hydrogens is 278 g/mol. The highest BCUT2D eigenvalue weighted by Crippen LogP contribution is 2.33. The first-order valence-corrected chi connectivity index (χ1v) is 8.13. The second-order valence-corrected chi connectivity index (χ2v) is 6.98. The molecule has 2 aliphatic rings. The summed E-state index contributed by atoms with van der Waals surface area (Å²) in [5, 5.41) is 5.85. The highest BCUT2D eigenvalue weighted by molar-refractivity contribution is 7.89. The van der Waals surface area contributed by atoms with Gasteiger partial charge in [-0.3, -0.25) is 4.79 Å². The van der Waals surface area contributed by atoms with Crippen molar-refractivity contribution in [3.63, 3.8) is 0 Å². The Bertz CT molecular complexity index is 651. The lowest BCUT2D eigenvalue weighted by atomic mass is 10.0. The Labute approximate surface area is 118 Å². The molecule has 1 aromatic carbocycles. The number of hydrogen-bond acceptors (Lipinski definition) is 4. The normalized spacial score (nSPS) is 25.6. The summed E-state index contributed by atoms with van der Waals surface area (Å²) in [6.07, 6.45) is 0.792. The van der Waals surface area contributed by atoms with Gasteiger partial charge in [0.1, 0.15) is 0 Å². The molecule has 0 saturated carbocycles. The molecule has 1 saturated heterocycles. The zero-order chi connectivity index (χ0) is 14.3. The Hall–Kier alpha value is -1.44. The minimum absolute atomic E-state index is 0.0644. The molecule has 6 nitrogen and oxygen atoms in total. The maximum atomic E-state index is 12.3. The molecule has 2 aliphatic heterocycles. The van der Waals surface area contributed by atoms with E-state index in [1.165, 1.54) is 6.07 Å². The highest BCUT2D eigenvalue weighted by atomic mass is 32.2. The summed E-state index contributed by atoms with van der Waals surface area (Å²) in [7, 11) is -3.54. The molecule has 0 spiro atoms. The monoisotopic (exact) mass is 295 g/mol. The first-order chi connectivity index (χ1) is 9.47. The van der Waals surface area contributed by atoms with E-state index in [-0.39, 0.29) is 22.8 Å². The van der Waals surface area contributed by atoms with Crippen LogP contribution < -0.4 is 15.4 Å². The molecule has 2 atom stereocenters. The van der Waals surface area contributed by atoms with Gasteiger partial charge in [-0.05, 0) is 43.7 Å². The van der Waals surface area contributed by atoms with Crippen LogP contribution >= 0.6 is 0 Å². The molecule has 3 rings (SSSR count). The van der Waals surface area contributed by atoms with Crippen molar-refractivity contribution in [2.45, 2.75) is 30.2 Å². The van der Waals surface area contributed by atoms with Crippen molar-refractivity contribution >= 4 is 21.6 Å². The summed E-state index contributed by atoms with van der Waals surface area (Å²) >= 11 is 0. The van der Waals surface area contributed by atoms with Crippen LogP contribution in [0.15, 0.2) is 23.1 Å². The van der Waals surface area contributed by atoms with Crippen LogP contribution in [-0.2, 0) is 14.8 Å². The fourth-order valence-corrected chi connectivity index (χ4v) is 3.91. The smallest absolute Gasteiger partial charge is 0.240 e. The van der Waals surface area contributed by atoms with Gasteiger partial charge in [-0.1, -0.05) is 0 Å². The summed E-state index contributed by atoms with van der Waals surface area (Å²) in [6, 6.07) is 4.70. The minimum atomic E-state index is -3.54. The molecule has 2 heterocycles. The number of carbonyl (C=O) groups is 1. The maximum Gasteiger partial charge on any atom is 0.240 e. The van der Waals surface area contributed by atoms with Crippen molar-refractivity contribution in [1.82, 2.24) is 10.0 Å². The van der Waals surface area contributed by atoms with Crippen molar-refractivity contribution in [2.75, 3.05) is 18.4 Å². The van der Waals surface area contributed by atoms with Crippen molar-refractivity contribution in [2.24, 2.45) is 0 Å². The average Bonchev–Trinajstić information content (AvgIpc) is 2.98. The van der Waals surface area contributed by atoms with Crippen LogP contribution in [0.1, 0.15) is 24.8 Å². The topological polar surface area (TPSA) is 87.3 Å². The van der Waals surface area contributed by atoms with Crippen LogP contribution in [-0.4, -0.2) is 33.5 Å². The number of fused-ring (bicyclic) bond motifs is 1. The van der Waals surface area contributed by atoms with Gasteiger partial charge >= 0.3 is 0 Å². The number of rotatable bonds is 3. The average molecular weight is 295 g/mol. The largest absolute Gasteiger partial charge is 0.325 e. The number of nitrogens with one attached hydrogen (secondary N) is 3. The number of sulfonamides is 1. The number of benzene rings is 1. The van der Waals surface area contributed by atoms with Crippen LogP contribution in [0.25, 0.3) is 0 Å². The molecule has 1 fully saturated rings. The summed E-state index contributed by atoms with van der Waals surface area (Å²) in [6.45, 7) is 3.25. The summed E-state index contributed by atoms with van der Waals surface area (Å²) in [4.78, 5) is 11.8. The Morgan fingerprint density at radius 3 is 2.85 bits per heavy atom. The van der Waals surface area contributed by atoms with Gasteiger partial charge in [0.2, 0.25) is 15.9 Å². The molecule has 0 bridgehead atoms. The first-order valence-electron chi connectivity index (χ1n) is 6.65. The molecule has 1 amide bonds. The second-order valence-electron chi connectivity index (χ2n) is 5.27. The zero-order valence-corrected chi connectivity index (χ0v) is 12.0. The van der Waals surface area contributed by atoms with Gasteiger partial charge in [-0.2, -0.15) is 0 Å². The van der Waals surface area contributed by atoms with Gasteiger partial charge < -0.3 is 10.6 Å². The third kappa shape index (κ3) is 2.32. The number of anilines is 1. The van der Waals surface area contributed by atoms with Crippen molar-refractivity contribution < 1.29 is 13.2 Å². The van der Waals surface area contributed by atoms with E-state index in [1.54, 1.807) is 19.1 Å². The molecule has 2 unspecified atom stereocenters. The van der Waals surface area contributed by atoms with Gasteiger partial charge in [0.15, 0.2) is 0 Å². The lowest BCUT2D eigenvalue weighted by molar-refractivity contribution is -0.116. The summed E-state index contributed by atoms with van der Waals surface area (Å²) in [5.41, 5.74) is 1.44. The Morgan fingerprint density at radius 1 is 1.35 bits per heavy atom. The van der Waals surface area contributed by atoms with Crippen LogP contribution in [0.2, 0.25) is 0 Å². The van der Waals surface area contributed by atoms with Crippen LogP contribution in [0.4, 0.5) is 5.69 Å². The lowest BCUT2D eigenvalue weighted by Gasteiger charge is -2.13. The van der Waals surface area contributed by atoms with E-state index in [0.717, 1.165) is 18.5 Å². The predicted octanol–water partition coefficient (Wildman–Crippen LogP) is 0.382. The molecule has 108 valence electrons. The van der Waals surface area contributed by atoms with E-state index in [0.29, 0.717) is 12.2 Å². The van der Waals surface area contributed by atoms with Crippen LogP contribution in [0.3, 0.4) is 0 Å². The number of hydrogen-bond donors (Lipinski definition) is 3. The van der Waals surface area contributed by atoms with Gasteiger partial charge in [-0.15, -0.1) is 0 Å². The van der Waals surface area contributed by atoms with Crippen LogP contribution in [0, 0.1) is 0 Å². The number of carbonyl (C=O) groups excluding carboxylic acids is 1. The van der Waals surface area contributed by atoms with E-state index in [1.807, 2.05) is 0 Å². The SMILES string of the molecule is CC1C(=O)Nc2ccc(S(=O)(=O)NC3CCNC3)cc21. The van der Waals surface area contributed by atoms with Crippen molar-refractivity contribution in [1.29, 1.82) is 0 Å². The standard InChI is InChI=1S/C13H17N3O3S/c1-8-11-6-10(2-3-12(11)15-13(8)17)20(18,19)16-9-4-5-14-7-9/h2-3,6,8-9,14,16H,4-5,7H2,1H3,(H,15,17). The second kappa shape index (κ2) is 4.83. The van der Waals surface area contributed by atoms with Crippen molar-refractivity contribution in [3.05, 3.63) is 23.8 Å². The van der Waals surface area contributed by atoms with Gasteiger partial charge in [0.25, 0.3) is 0 Å². The first kappa shape index (κ1) is 13.5. The third-order valence-corrected chi connectivity index (χ3v) is 5.35. The highest BCUT2D eigenvalue weighted by Gasteiger charge is 2.29. The molecule has 3 N–H and O–H groups in total. The third-order valence-electron chi connectivity index (χ3n) is 3.83. The van der Waals surface area contributed by atoms with Gasteiger partial charge in [0.05, 0.1) is 10.8 Å². The Kier molecular flexibility index (Phi) is 3.27. The lowest BCUT2D eigenvalue weighted by Crippen LogP contribution is -2.36. The maximum absolute atomic E-state index is 12.3. The van der Waals surface area contributed by atoms with E-state index in [4.69, 9.17) is 0 Å². The molecule has 0 aliphatic carbocycles. The number of amides is 1. The molecule has 20 heavy (non-hydrogen) atoms. The van der Waals surface area contributed by atoms with Crippen LogP contribution in [0.5, 0.6) is 0 Å². The molecule has 1 aromatic rings. The van der Waals surface area contributed by atoms with E-state index < -0.39 is 10.0 Å². The van der Waals surface area contributed by atoms with Crippen molar-refractivity contribution in [3.8, 4) is 0 Å². The Balaban J connectivity index is 1.89. The zero-order valence-electron chi connectivity index (χ0n) is 11.1. The van der Waals surface area contributed by atoms with Gasteiger partial charge in [-0.25, -0.2) is 13.1 Å². The van der Waals surface area contributed by atoms with Gasteiger partial charge in [0, 0.05) is 18.3 Å². The summed E-state index contributed by atoms with van der Waals surface area (Å²) < 4.78 is 27.4. The molecule has 7 heteroatoms. The van der Waals surface area contributed by atoms with E-state index >= 15 is 0 Å². The Morgan fingerprint density at radius 2 is 2.15 bits per heavy atom. The molecular formula is C13H17N3O3S. The molecule has 0 radical (unpaired) electrons. The molecule has 0 aromatic heterocycles. The minimum Gasteiger partial charge on any atom is -0.325 e. The summed E-state index contributed by atoms with van der Waals surface area (Å²) in [5.74, 6) is -0.407. The fraction of sp³-hybridized carbons (Fsp3) is 0.462. The fourth-order valence-electron chi connectivity index (χ4n) is 2.60. The van der Waals surface area contributed by atoms with E-state index in [2.05, 4.69) is 15.4 Å². The predicted molar refractivity (Wildman–Crippen MR) is 75.1 cm³/mol. The quantitative estimate of drug-likeness (QED) is 0.752.